The Morgan fingerprint density at radius 3 is 2.67 bits per heavy atom. The standard InChI is InChI=1S/C13H17N3O5/c17-13(15-8-12-9-20-5-6-21-12)14-7-10-1-3-11(4-2-10)16(18)19/h1-4,12H,5-9H2,(H2,14,15,17)/t12-/m0/s1. The number of non-ortho nitro benzene ring substituents is 1. The van der Waals surface area contributed by atoms with Gasteiger partial charge in [0.1, 0.15) is 0 Å². The zero-order valence-electron chi connectivity index (χ0n) is 11.4. The maximum absolute atomic E-state index is 11.6. The normalized spacial score (nSPS) is 18.0. The molecule has 0 spiro atoms. The molecule has 1 atom stereocenters. The average molecular weight is 295 g/mol. The summed E-state index contributed by atoms with van der Waals surface area (Å²) in [6.45, 7) is 2.28. The summed E-state index contributed by atoms with van der Waals surface area (Å²) in [4.78, 5) is 21.7. The Bertz CT molecular complexity index is 485. The molecule has 8 heteroatoms. The zero-order chi connectivity index (χ0) is 15.1. The van der Waals surface area contributed by atoms with Gasteiger partial charge in [-0.25, -0.2) is 4.79 Å². The molecule has 0 aliphatic carbocycles. The number of benzene rings is 1. The van der Waals surface area contributed by atoms with E-state index in [-0.39, 0.29) is 17.8 Å². The number of urea groups is 1. The van der Waals surface area contributed by atoms with Gasteiger partial charge in [-0.2, -0.15) is 0 Å². The van der Waals surface area contributed by atoms with Crippen molar-refractivity contribution in [3.05, 3.63) is 39.9 Å². The molecule has 8 nitrogen and oxygen atoms in total. The molecule has 0 bridgehead atoms. The number of nitrogens with zero attached hydrogens (tertiary/aromatic N) is 1. The smallest absolute Gasteiger partial charge is 0.315 e. The SMILES string of the molecule is O=C(NCc1ccc([N+](=O)[O-])cc1)NC[C@H]1COCCO1. The zero-order valence-corrected chi connectivity index (χ0v) is 11.4. The van der Waals surface area contributed by atoms with E-state index < -0.39 is 4.92 Å². The first-order valence-corrected chi connectivity index (χ1v) is 6.59. The third kappa shape index (κ3) is 5.01. The highest BCUT2D eigenvalue weighted by molar-refractivity contribution is 5.73. The highest BCUT2D eigenvalue weighted by Gasteiger charge is 2.14. The van der Waals surface area contributed by atoms with Gasteiger partial charge in [0.05, 0.1) is 30.8 Å². The summed E-state index contributed by atoms with van der Waals surface area (Å²) in [6, 6.07) is 5.71. The molecule has 0 radical (unpaired) electrons. The molecule has 1 saturated heterocycles. The lowest BCUT2D eigenvalue weighted by atomic mass is 10.2. The van der Waals surface area contributed by atoms with Crippen LogP contribution < -0.4 is 10.6 Å². The maximum Gasteiger partial charge on any atom is 0.315 e. The molecule has 1 fully saturated rings. The van der Waals surface area contributed by atoms with Crippen molar-refractivity contribution < 1.29 is 19.2 Å². The summed E-state index contributed by atoms with van der Waals surface area (Å²) in [7, 11) is 0. The van der Waals surface area contributed by atoms with Crippen LogP contribution in [0.5, 0.6) is 0 Å². The molecule has 1 aliphatic rings. The molecular formula is C13H17N3O5. The van der Waals surface area contributed by atoms with Crippen molar-refractivity contribution in [2.45, 2.75) is 12.6 Å². The van der Waals surface area contributed by atoms with E-state index in [9.17, 15) is 14.9 Å². The number of carbonyl (C=O) groups is 1. The van der Waals surface area contributed by atoms with Crippen LogP contribution in [0.2, 0.25) is 0 Å². The topological polar surface area (TPSA) is 103 Å². The van der Waals surface area contributed by atoms with Crippen LogP contribution in [0.15, 0.2) is 24.3 Å². The number of nitro groups is 1. The molecule has 114 valence electrons. The second-order valence-electron chi connectivity index (χ2n) is 4.55. The minimum Gasteiger partial charge on any atom is -0.376 e. The first-order valence-electron chi connectivity index (χ1n) is 6.59. The van der Waals surface area contributed by atoms with Gasteiger partial charge in [0.15, 0.2) is 0 Å². The van der Waals surface area contributed by atoms with E-state index in [4.69, 9.17) is 9.47 Å². The van der Waals surface area contributed by atoms with Crippen LogP contribution in [-0.2, 0) is 16.0 Å². The summed E-state index contributed by atoms with van der Waals surface area (Å²) in [5, 5.41) is 15.9. The average Bonchev–Trinajstić information content (AvgIpc) is 2.52. The van der Waals surface area contributed by atoms with Crippen molar-refractivity contribution in [1.29, 1.82) is 0 Å². The van der Waals surface area contributed by atoms with Crippen molar-refractivity contribution in [3.8, 4) is 0 Å². The Labute approximate surface area is 121 Å². The molecule has 2 amide bonds. The van der Waals surface area contributed by atoms with Gasteiger partial charge >= 0.3 is 6.03 Å². The number of nitro benzene ring substituents is 1. The van der Waals surface area contributed by atoms with E-state index >= 15 is 0 Å². The number of rotatable bonds is 5. The Hall–Kier alpha value is -2.19. The summed E-state index contributed by atoms with van der Waals surface area (Å²) >= 11 is 0. The van der Waals surface area contributed by atoms with E-state index in [1.807, 2.05) is 0 Å². The van der Waals surface area contributed by atoms with Crippen LogP contribution in [0.3, 0.4) is 0 Å². The van der Waals surface area contributed by atoms with Gasteiger partial charge in [-0.05, 0) is 5.56 Å². The van der Waals surface area contributed by atoms with Crippen LogP contribution >= 0.6 is 0 Å². The van der Waals surface area contributed by atoms with E-state index in [2.05, 4.69) is 10.6 Å². The predicted octanol–water partition coefficient (Wildman–Crippen LogP) is 0.809. The van der Waals surface area contributed by atoms with Gasteiger partial charge in [0, 0.05) is 25.2 Å². The first kappa shape index (κ1) is 15.2. The molecule has 1 aliphatic heterocycles. The lowest BCUT2D eigenvalue weighted by Crippen LogP contribution is -2.43. The summed E-state index contributed by atoms with van der Waals surface area (Å²) < 4.78 is 10.6. The molecule has 1 aromatic rings. The van der Waals surface area contributed by atoms with Gasteiger partial charge in [0.25, 0.3) is 5.69 Å². The van der Waals surface area contributed by atoms with Crippen LogP contribution in [0.4, 0.5) is 10.5 Å². The molecule has 2 N–H and O–H groups in total. The highest BCUT2D eigenvalue weighted by atomic mass is 16.6. The summed E-state index contributed by atoms with van der Waals surface area (Å²) in [5.41, 5.74) is 0.811. The number of nitrogens with one attached hydrogen (secondary N) is 2. The Balaban J connectivity index is 1.69. The van der Waals surface area contributed by atoms with Gasteiger partial charge in [0.2, 0.25) is 0 Å². The first-order chi connectivity index (χ1) is 10.1. The third-order valence-electron chi connectivity index (χ3n) is 2.98. The maximum atomic E-state index is 11.6. The van der Waals surface area contributed by atoms with E-state index in [1.165, 1.54) is 12.1 Å². The largest absolute Gasteiger partial charge is 0.376 e. The van der Waals surface area contributed by atoms with Crippen molar-refractivity contribution in [3.63, 3.8) is 0 Å². The predicted molar refractivity (Wildman–Crippen MR) is 73.9 cm³/mol. The number of ether oxygens (including phenoxy) is 2. The Morgan fingerprint density at radius 1 is 1.29 bits per heavy atom. The fourth-order valence-electron chi connectivity index (χ4n) is 1.84. The fourth-order valence-corrected chi connectivity index (χ4v) is 1.84. The van der Waals surface area contributed by atoms with Crippen LogP contribution in [0, 0.1) is 10.1 Å². The molecule has 0 saturated carbocycles. The molecule has 0 unspecified atom stereocenters. The van der Waals surface area contributed by atoms with Crippen LogP contribution in [0.25, 0.3) is 0 Å². The number of hydrogen-bond acceptors (Lipinski definition) is 5. The van der Waals surface area contributed by atoms with E-state index in [1.54, 1.807) is 12.1 Å². The lowest BCUT2D eigenvalue weighted by Gasteiger charge is -2.23. The van der Waals surface area contributed by atoms with Crippen molar-refractivity contribution in [1.82, 2.24) is 10.6 Å². The van der Waals surface area contributed by atoms with Crippen LogP contribution in [-0.4, -0.2) is 43.4 Å². The number of hydrogen-bond donors (Lipinski definition) is 2. The van der Waals surface area contributed by atoms with E-state index in [0.717, 1.165) is 5.56 Å². The molecule has 21 heavy (non-hydrogen) atoms. The molecule has 1 aromatic carbocycles. The molecule has 0 aromatic heterocycles. The Kier molecular flexibility index (Phi) is 5.47. The number of amides is 2. The number of carbonyl (C=O) groups excluding carboxylic acids is 1. The van der Waals surface area contributed by atoms with E-state index in [0.29, 0.717) is 32.9 Å². The van der Waals surface area contributed by atoms with Crippen LogP contribution in [0.1, 0.15) is 5.56 Å². The molecular weight excluding hydrogens is 278 g/mol. The van der Waals surface area contributed by atoms with Gasteiger partial charge < -0.3 is 20.1 Å². The lowest BCUT2D eigenvalue weighted by molar-refractivity contribution is -0.384. The Morgan fingerprint density at radius 2 is 2.05 bits per heavy atom. The quantitative estimate of drug-likeness (QED) is 0.618. The fraction of sp³-hybridized carbons (Fsp3) is 0.462. The minimum atomic E-state index is -0.462. The van der Waals surface area contributed by atoms with Crippen molar-refractivity contribution >= 4 is 11.7 Å². The monoisotopic (exact) mass is 295 g/mol. The molecule has 1 heterocycles. The molecule has 2 rings (SSSR count). The summed E-state index contributed by atoms with van der Waals surface area (Å²) in [5.74, 6) is 0. The van der Waals surface area contributed by atoms with Crippen molar-refractivity contribution in [2.75, 3.05) is 26.4 Å². The highest BCUT2D eigenvalue weighted by Crippen LogP contribution is 2.11. The second-order valence-corrected chi connectivity index (χ2v) is 4.55. The minimum absolute atomic E-state index is 0.0256. The van der Waals surface area contributed by atoms with Gasteiger partial charge in [-0.3, -0.25) is 10.1 Å². The third-order valence-corrected chi connectivity index (χ3v) is 2.98. The van der Waals surface area contributed by atoms with Gasteiger partial charge in [-0.15, -0.1) is 0 Å². The second kappa shape index (κ2) is 7.55. The summed E-state index contributed by atoms with van der Waals surface area (Å²) in [6.07, 6.45) is -0.121. The van der Waals surface area contributed by atoms with Crippen molar-refractivity contribution in [2.24, 2.45) is 0 Å². The van der Waals surface area contributed by atoms with Gasteiger partial charge in [-0.1, -0.05) is 12.1 Å².